The first-order valence-corrected chi connectivity index (χ1v) is 14.6. The molecule has 7 nitrogen and oxygen atoms in total. The van der Waals surface area contributed by atoms with Gasteiger partial charge in [-0.2, -0.15) is 0 Å². The Labute approximate surface area is 238 Å². The summed E-state index contributed by atoms with van der Waals surface area (Å²) in [7, 11) is 0. The van der Waals surface area contributed by atoms with Crippen LogP contribution in [0.2, 0.25) is 0 Å². The van der Waals surface area contributed by atoms with Crippen molar-refractivity contribution in [3.63, 3.8) is 0 Å². The SMILES string of the molecule is CC[C@@H](C)C(=O)N[C@H](C(=O)N1CCC[C@H]1CN(CCc1ccccc1)C(=O)c1cc2ccccn2c1)C(C)(C)C. The van der Waals surface area contributed by atoms with Crippen molar-refractivity contribution in [2.75, 3.05) is 19.6 Å². The van der Waals surface area contributed by atoms with Gasteiger partial charge in [-0.05, 0) is 54.9 Å². The maximum Gasteiger partial charge on any atom is 0.255 e. The van der Waals surface area contributed by atoms with E-state index in [2.05, 4.69) is 17.4 Å². The first kappa shape index (κ1) is 29.4. The normalized spacial score (nSPS) is 17.0. The Morgan fingerprint density at radius 1 is 1.07 bits per heavy atom. The Balaban J connectivity index is 1.56. The van der Waals surface area contributed by atoms with Gasteiger partial charge in [-0.1, -0.05) is 71.0 Å². The largest absolute Gasteiger partial charge is 0.344 e. The fourth-order valence-corrected chi connectivity index (χ4v) is 5.39. The predicted molar refractivity (Wildman–Crippen MR) is 159 cm³/mol. The summed E-state index contributed by atoms with van der Waals surface area (Å²) in [6, 6.07) is 17.3. The van der Waals surface area contributed by atoms with E-state index >= 15 is 0 Å². The van der Waals surface area contributed by atoms with Gasteiger partial charge in [0.2, 0.25) is 11.8 Å². The van der Waals surface area contributed by atoms with Crippen molar-refractivity contribution in [2.45, 2.75) is 72.4 Å². The quantitative estimate of drug-likeness (QED) is 0.382. The number of carbonyl (C=O) groups excluding carboxylic acids is 3. The highest BCUT2D eigenvalue weighted by atomic mass is 16.2. The number of pyridine rings is 1. The molecule has 0 aliphatic carbocycles. The Kier molecular flexibility index (Phi) is 9.33. The van der Waals surface area contributed by atoms with E-state index in [4.69, 9.17) is 0 Å². The molecule has 7 heteroatoms. The van der Waals surface area contributed by atoms with E-state index in [1.807, 2.05) is 104 Å². The van der Waals surface area contributed by atoms with Crippen molar-refractivity contribution >= 4 is 23.2 Å². The van der Waals surface area contributed by atoms with E-state index in [1.54, 1.807) is 0 Å². The number of hydrogen-bond acceptors (Lipinski definition) is 3. The molecule has 1 aliphatic rings. The van der Waals surface area contributed by atoms with Crippen LogP contribution in [-0.2, 0) is 16.0 Å². The third kappa shape index (κ3) is 6.93. The van der Waals surface area contributed by atoms with Gasteiger partial charge >= 0.3 is 0 Å². The van der Waals surface area contributed by atoms with Gasteiger partial charge in [0.05, 0.1) is 5.56 Å². The van der Waals surface area contributed by atoms with Crippen molar-refractivity contribution in [3.8, 4) is 0 Å². The van der Waals surface area contributed by atoms with E-state index in [0.717, 1.165) is 31.2 Å². The first-order valence-electron chi connectivity index (χ1n) is 14.6. The lowest BCUT2D eigenvalue weighted by Gasteiger charge is -2.37. The third-order valence-corrected chi connectivity index (χ3v) is 8.10. The number of rotatable bonds is 10. The molecule has 4 rings (SSSR count). The van der Waals surface area contributed by atoms with E-state index in [1.165, 1.54) is 5.56 Å². The summed E-state index contributed by atoms with van der Waals surface area (Å²) in [4.78, 5) is 44.5. The molecule has 1 fully saturated rings. The van der Waals surface area contributed by atoms with Crippen LogP contribution in [0.5, 0.6) is 0 Å². The lowest BCUT2D eigenvalue weighted by Crippen LogP contribution is -2.57. The minimum Gasteiger partial charge on any atom is -0.344 e. The summed E-state index contributed by atoms with van der Waals surface area (Å²) in [5.74, 6) is -0.337. The van der Waals surface area contributed by atoms with Gasteiger partial charge in [-0.15, -0.1) is 0 Å². The summed E-state index contributed by atoms with van der Waals surface area (Å²) in [5, 5.41) is 3.05. The number of likely N-dealkylation sites (tertiary alicyclic amines) is 1. The van der Waals surface area contributed by atoms with Crippen LogP contribution < -0.4 is 5.32 Å². The maximum atomic E-state index is 14.0. The highest BCUT2D eigenvalue weighted by molar-refractivity contribution is 5.96. The topological polar surface area (TPSA) is 74.1 Å². The van der Waals surface area contributed by atoms with Gasteiger partial charge in [0.15, 0.2) is 0 Å². The van der Waals surface area contributed by atoms with Gasteiger partial charge in [0.25, 0.3) is 5.91 Å². The Hall–Kier alpha value is -3.61. The number of carbonyl (C=O) groups is 3. The average Bonchev–Trinajstić information content (AvgIpc) is 3.59. The van der Waals surface area contributed by atoms with Crippen molar-refractivity contribution in [3.05, 3.63) is 78.1 Å². The first-order chi connectivity index (χ1) is 19.1. The summed E-state index contributed by atoms with van der Waals surface area (Å²) in [5.41, 5.74) is 2.34. The van der Waals surface area contributed by atoms with Crippen LogP contribution in [0.15, 0.2) is 67.0 Å². The number of nitrogens with one attached hydrogen (secondary N) is 1. The van der Waals surface area contributed by atoms with Crippen LogP contribution >= 0.6 is 0 Å². The molecular formula is C33H44N4O3. The minimum absolute atomic E-state index is 0.0311. The van der Waals surface area contributed by atoms with Gasteiger partial charge in [-0.3, -0.25) is 14.4 Å². The Morgan fingerprint density at radius 2 is 1.80 bits per heavy atom. The number of nitrogens with zero attached hydrogens (tertiary/aromatic N) is 3. The van der Waals surface area contributed by atoms with Crippen molar-refractivity contribution in [1.29, 1.82) is 0 Å². The molecule has 0 spiro atoms. The van der Waals surface area contributed by atoms with E-state index in [0.29, 0.717) is 25.2 Å². The third-order valence-electron chi connectivity index (χ3n) is 8.10. The Morgan fingerprint density at radius 3 is 2.48 bits per heavy atom. The molecule has 1 aromatic carbocycles. The lowest BCUT2D eigenvalue weighted by atomic mass is 9.85. The zero-order valence-electron chi connectivity index (χ0n) is 24.6. The summed E-state index contributed by atoms with van der Waals surface area (Å²) in [6.45, 7) is 11.5. The number of benzene rings is 1. The lowest BCUT2D eigenvalue weighted by molar-refractivity contribution is -0.141. The van der Waals surface area contributed by atoms with Crippen LogP contribution in [0.1, 0.15) is 69.8 Å². The van der Waals surface area contributed by atoms with E-state index in [9.17, 15) is 14.4 Å². The molecule has 214 valence electrons. The predicted octanol–water partition coefficient (Wildman–Crippen LogP) is 5.19. The average molecular weight is 545 g/mol. The van der Waals surface area contributed by atoms with Crippen LogP contribution in [-0.4, -0.2) is 63.6 Å². The van der Waals surface area contributed by atoms with Crippen LogP contribution in [0.3, 0.4) is 0 Å². The molecule has 0 saturated carbocycles. The zero-order valence-corrected chi connectivity index (χ0v) is 24.6. The monoisotopic (exact) mass is 544 g/mol. The van der Waals surface area contributed by atoms with Gasteiger partial charge < -0.3 is 19.5 Å². The molecular weight excluding hydrogens is 500 g/mol. The molecule has 3 heterocycles. The second-order valence-corrected chi connectivity index (χ2v) is 12.2. The van der Waals surface area contributed by atoms with Crippen molar-refractivity contribution in [1.82, 2.24) is 19.5 Å². The highest BCUT2D eigenvalue weighted by Crippen LogP contribution is 2.27. The standard InChI is InChI=1S/C33H44N4O3/c1-6-24(2)30(38)34-29(33(3,4)5)32(40)37-19-12-16-28(37)23-36(20-17-25-13-8-7-9-14-25)31(39)26-21-27-15-10-11-18-35(27)22-26/h7-11,13-15,18,21-22,24,28-29H,6,12,16-17,19-20,23H2,1-5H3,(H,34,38)/t24-,28+,29-/m1/s1. The number of fused-ring (bicyclic) bond motifs is 1. The minimum atomic E-state index is -0.625. The highest BCUT2D eigenvalue weighted by Gasteiger charge is 2.40. The molecule has 3 aromatic rings. The molecule has 1 N–H and O–H groups in total. The molecule has 1 saturated heterocycles. The smallest absolute Gasteiger partial charge is 0.255 e. The number of aromatic nitrogens is 1. The summed E-state index contributed by atoms with van der Waals surface area (Å²) < 4.78 is 1.96. The molecule has 2 aromatic heterocycles. The molecule has 1 aliphatic heterocycles. The zero-order chi connectivity index (χ0) is 28.9. The molecule has 3 amide bonds. The van der Waals surface area contributed by atoms with Crippen LogP contribution in [0.25, 0.3) is 5.52 Å². The second kappa shape index (κ2) is 12.7. The van der Waals surface area contributed by atoms with Crippen LogP contribution in [0.4, 0.5) is 0 Å². The van der Waals surface area contributed by atoms with Crippen molar-refractivity contribution < 1.29 is 14.4 Å². The van der Waals surface area contributed by atoms with Crippen LogP contribution in [0, 0.1) is 11.3 Å². The van der Waals surface area contributed by atoms with Gasteiger partial charge in [-0.25, -0.2) is 0 Å². The fourth-order valence-electron chi connectivity index (χ4n) is 5.39. The van der Waals surface area contributed by atoms with Gasteiger partial charge in [0, 0.05) is 49.5 Å². The Bertz CT molecular complexity index is 1280. The summed E-state index contributed by atoms with van der Waals surface area (Å²) in [6.07, 6.45) is 6.98. The number of hydrogen-bond donors (Lipinski definition) is 1. The molecule has 0 unspecified atom stereocenters. The molecule has 40 heavy (non-hydrogen) atoms. The van der Waals surface area contributed by atoms with Crippen molar-refractivity contribution in [2.24, 2.45) is 11.3 Å². The van der Waals surface area contributed by atoms with E-state index in [-0.39, 0.29) is 29.7 Å². The second-order valence-electron chi connectivity index (χ2n) is 12.2. The molecule has 0 bridgehead atoms. The maximum absolute atomic E-state index is 14.0. The molecule has 3 atom stereocenters. The molecule has 0 radical (unpaired) electrons. The number of amides is 3. The van der Waals surface area contributed by atoms with E-state index < -0.39 is 11.5 Å². The fraction of sp³-hybridized carbons (Fsp3) is 0.485. The van der Waals surface area contributed by atoms with Gasteiger partial charge in [0.1, 0.15) is 6.04 Å². The summed E-state index contributed by atoms with van der Waals surface area (Å²) >= 11 is 0.